The van der Waals surface area contributed by atoms with Gasteiger partial charge in [-0.15, -0.1) is 6.58 Å². The molecule has 1 aromatic heterocycles. The number of nitrogens with one attached hydrogen (secondary N) is 1. The standard InChI is InChI=1S/C21H30N4O3S2/c1-5-11-24(20(29)23-17(2)3)15-19-14-22-21(25(19)12-13-28-4)30(26,27)16-18-9-7-6-8-10-18/h5-10,14,17H,1,11-13,15-16H2,2-4H3,(H,23,29). The van der Waals surface area contributed by atoms with Crippen LogP contribution in [0.4, 0.5) is 0 Å². The monoisotopic (exact) mass is 450 g/mol. The van der Waals surface area contributed by atoms with Crippen LogP contribution in [0.3, 0.4) is 0 Å². The van der Waals surface area contributed by atoms with Crippen molar-refractivity contribution < 1.29 is 13.2 Å². The largest absolute Gasteiger partial charge is 0.383 e. The number of thiocarbonyl (C=S) groups is 1. The second-order valence-corrected chi connectivity index (χ2v) is 9.46. The van der Waals surface area contributed by atoms with E-state index < -0.39 is 9.84 Å². The maximum absolute atomic E-state index is 13.1. The van der Waals surface area contributed by atoms with E-state index in [4.69, 9.17) is 17.0 Å². The summed E-state index contributed by atoms with van der Waals surface area (Å²) in [5.74, 6) is -0.110. The maximum Gasteiger partial charge on any atom is 0.228 e. The number of benzene rings is 1. The zero-order valence-corrected chi connectivity index (χ0v) is 19.4. The van der Waals surface area contributed by atoms with E-state index in [0.717, 1.165) is 11.3 Å². The lowest BCUT2D eigenvalue weighted by molar-refractivity contribution is 0.183. The first-order chi connectivity index (χ1) is 14.3. The summed E-state index contributed by atoms with van der Waals surface area (Å²) in [6.45, 7) is 9.50. The van der Waals surface area contributed by atoms with E-state index in [1.54, 1.807) is 36.1 Å². The first kappa shape index (κ1) is 24.0. The van der Waals surface area contributed by atoms with Gasteiger partial charge in [0.25, 0.3) is 0 Å². The molecular formula is C21H30N4O3S2. The second-order valence-electron chi connectivity index (χ2n) is 7.19. The molecule has 1 N–H and O–H groups in total. The lowest BCUT2D eigenvalue weighted by Gasteiger charge is -2.26. The fourth-order valence-corrected chi connectivity index (χ4v) is 4.85. The molecule has 2 rings (SSSR count). The Balaban J connectivity index is 2.35. The number of imidazole rings is 1. The first-order valence-corrected chi connectivity index (χ1v) is 11.8. The number of methoxy groups -OCH3 is 1. The fraction of sp³-hybridized carbons (Fsp3) is 0.429. The number of aromatic nitrogens is 2. The first-order valence-electron chi connectivity index (χ1n) is 9.74. The number of rotatable bonds is 11. The minimum Gasteiger partial charge on any atom is -0.383 e. The van der Waals surface area contributed by atoms with Crippen LogP contribution in [0.25, 0.3) is 0 Å². The predicted octanol–water partition coefficient (Wildman–Crippen LogP) is 2.77. The molecular weight excluding hydrogens is 420 g/mol. The van der Waals surface area contributed by atoms with Crippen LogP contribution in [0.1, 0.15) is 25.1 Å². The van der Waals surface area contributed by atoms with Crippen LogP contribution in [-0.4, -0.2) is 54.3 Å². The Hall–Kier alpha value is -2.23. The Labute approximate surface area is 184 Å². The summed E-state index contributed by atoms with van der Waals surface area (Å²) in [5, 5.41) is 3.84. The van der Waals surface area contributed by atoms with E-state index >= 15 is 0 Å². The molecule has 0 atom stereocenters. The Morgan fingerprint density at radius 3 is 2.67 bits per heavy atom. The number of hydrogen-bond acceptors (Lipinski definition) is 5. The number of nitrogens with zero attached hydrogens (tertiary/aromatic N) is 3. The van der Waals surface area contributed by atoms with Gasteiger partial charge in [-0.3, -0.25) is 0 Å². The number of sulfone groups is 1. The van der Waals surface area contributed by atoms with Gasteiger partial charge in [-0.1, -0.05) is 36.4 Å². The molecule has 0 aliphatic carbocycles. The Morgan fingerprint density at radius 2 is 2.07 bits per heavy atom. The third-order valence-electron chi connectivity index (χ3n) is 4.30. The quantitative estimate of drug-likeness (QED) is 0.417. The van der Waals surface area contributed by atoms with Gasteiger partial charge in [0.05, 0.1) is 30.8 Å². The van der Waals surface area contributed by atoms with Crippen molar-refractivity contribution in [3.8, 4) is 0 Å². The summed E-state index contributed by atoms with van der Waals surface area (Å²) in [6.07, 6.45) is 3.36. The van der Waals surface area contributed by atoms with Gasteiger partial charge in [0, 0.05) is 26.2 Å². The molecule has 0 bridgehead atoms. The minimum atomic E-state index is -3.63. The summed E-state index contributed by atoms with van der Waals surface area (Å²) in [4.78, 5) is 6.20. The van der Waals surface area contributed by atoms with Gasteiger partial charge >= 0.3 is 0 Å². The summed E-state index contributed by atoms with van der Waals surface area (Å²) in [5.41, 5.74) is 1.46. The maximum atomic E-state index is 13.1. The minimum absolute atomic E-state index is 0.0414. The van der Waals surface area contributed by atoms with Gasteiger partial charge in [-0.05, 0) is 31.6 Å². The topological polar surface area (TPSA) is 76.5 Å². The Bertz CT molecular complexity index is 940. The van der Waals surface area contributed by atoms with Crippen LogP contribution < -0.4 is 5.32 Å². The van der Waals surface area contributed by atoms with Crippen molar-refractivity contribution in [1.29, 1.82) is 0 Å². The smallest absolute Gasteiger partial charge is 0.228 e. The molecule has 7 nitrogen and oxygen atoms in total. The van der Waals surface area contributed by atoms with Crippen molar-refractivity contribution in [2.45, 2.75) is 43.9 Å². The van der Waals surface area contributed by atoms with E-state index in [-0.39, 0.29) is 17.0 Å². The van der Waals surface area contributed by atoms with Crippen LogP contribution in [0.5, 0.6) is 0 Å². The van der Waals surface area contributed by atoms with Crippen LogP contribution in [0.2, 0.25) is 0 Å². The lowest BCUT2D eigenvalue weighted by atomic mass is 10.2. The highest BCUT2D eigenvalue weighted by Gasteiger charge is 2.25. The van der Waals surface area contributed by atoms with Gasteiger partial charge in [0.15, 0.2) is 5.11 Å². The molecule has 30 heavy (non-hydrogen) atoms. The highest BCUT2D eigenvalue weighted by atomic mass is 32.2. The summed E-state index contributed by atoms with van der Waals surface area (Å²) in [6, 6.07) is 9.28. The zero-order valence-electron chi connectivity index (χ0n) is 17.7. The van der Waals surface area contributed by atoms with Gasteiger partial charge in [-0.2, -0.15) is 0 Å². The van der Waals surface area contributed by atoms with Crippen molar-refractivity contribution in [3.63, 3.8) is 0 Å². The van der Waals surface area contributed by atoms with Crippen molar-refractivity contribution in [3.05, 3.63) is 60.4 Å². The predicted molar refractivity (Wildman–Crippen MR) is 123 cm³/mol. The molecule has 2 aromatic rings. The van der Waals surface area contributed by atoms with Gasteiger partial charge in [0.1, 0.15) is 0 Å². The molecule has 0 spiro atoms. The van der Waals surface area contributed by atoms with Crippen molar-refractivity contribution in [1.82, 2.24) is 19.8 Å². The highest BCUT2D eigenvalue weighted by molar-refractivity contribution is 7.90. The van der Waals surface area contributed by atoms with E-state index in [9.17, 15) is 8.42 Å². The Kier molecular flexibility index (Phi) is 9.01. The molecule has 0 unspecified atom stereocenters. The van der Waals surface area contributed by atoms with Crippen molar-refractivity contribution in [2.24, 2.45) is 0 Å². The van der Waals surface area contributed by atoms with Gasteiger partial charge < -0.3 is 19.5 Å². The van der Waals surface area contributed by atoms with E-state index in [1.807, 2.05) is 36.9 Å². The molecule has 0 saturated heterocycles. The molecule has 1 aromatic carbocycles. The van der Waals surface area contributed by atoms with Gasteiger partial charge in [0.2, 0.25) is 15.0 Å². The molecule has 164 valence electrons. The molecule has 0 aliphatic heterocycles. The molecule has 0 fully saturated rings. The molecule has 0 saturated carbocycles. The normalized spacial score (nSPS) is 11.5. The van der Waals surface area contributed by atoms with Crippen LogP contribution in [0.15, 0.2) is 54.3 Å². The van der Waals surface area contributed by atoms with Crippen LogP contribution >= 0.6 is 12.2 Å². The SMILES string of the molecule is C=CCN(Cc1cnc(S(=O)(=O)Cc2ccccc2)n1CCOC)C(=S)NC(C)C. The van der Waals surface area contributed by atoms with Crippen molar-refractivity contribution >= 4 is 27.2 Å². The third kappa shape index (κ3) is 6.65. The summed E-state index contributed by atoms with van der Waals surface area (Å²) < 4.78 is 33.1. The number of ether oxygens (including phenoxy) is 1. The average molecular weight is 451 g/mol. The van der Waals surface area contributed by atoms with Crippen molar-refractivity contribution in [2.75, 3.05) is 20.3 Å². The molecule has 0 amide bonds. The van der Waals surface area contributed by atoms with Crippen LogP contribution in [0, 0.1) is 0 Å². The zero-order chi connectivity index (χ0) is 22.1. The van der Waals surface area contributed by atoms with E-state index in [2.05, 4.69) is 16.9 Å². The number of hydrogen-bond donors (Lipinski definition) is 1. The summed E-state index contributed by atoms with van der Waals surface area (Å²) in [7, 11) is -2.05. The third-order valence-corrected chi connectivity index (χ3v) is 6.27. The van der Waals surface area contributed by atoms with E-state index in [1.165, 1.54) is 0 Å². The average Bonchev–Trinajstić information content (AvgIpc) is 3.09. The molecule has 9 heteroatoms. The van der Waals surface area contributed by atoms with Gasteiger partial charge in [-0.25, -0.2) is 13.4 Å². The van der Waals surface area contributed by atoms with E-state index in [0.29, 0.717) is 31.4 Å². The molecule has 1 heterocycles. The van der Waals surface area contributed by atoms with Crippen LogP contribution in [-0.2, 0) is 33.4 Å². The highest BCUT2D eigenvalue weighted by Crippen LogP contribution is 2.19. The molecule has 0 radical (unpaired) electrons. The lowest BCUT2D eigenvalue weighted by Crippen LogP contribution is -2.42. The fourth-order valence-electron chi connectivity index (χ4n) is 2.96. The summed E-state index contributed by atoms with van der Waals surface area (Å²) >= 11 is 5.51. The second kappa shape index (κ2) is 11.2. The Morgan fingerprint density at radius 1 is 1.37 bits per heavy atom. The molecule has 0 aliphatic rings.